The van der Waals surface area contributed by atoms with E-state index in [9.17, 15) is 4.79 Å². The monoisotopic (exact) mass is 262 g/mol. The molecule has 20 heavy (non-hydrogen) atoms. The van der Waals surface area contributed by atoms with Crippen molar-refractivity contribution in [2.75, 3.05) is 0 Å². The topological polar surface area (TPSA) is 26.3 Å². The van der Waals surface area contributed by atoms with Crippen molar-refractivity contribution in [2.45, 2.75) is 6.92 Å². The number of benzene rings is 3. The first-order chi connectivity index (χ1) is 9.72. The lowest BCUT2D eigenvalue weighted by Gasteiger charge is -2.13. The van der Waals surface area contributed by atoms with Crippen molar-refractivity contribution >= 4 is 33.6 Å². The third kappa shape index (κ3) is 1.86. The van der Waals surface area contributed by atoms with Gasteiger partial charge in [0.15, 0.2) is 0 Å². The van der Waals surface area contributed by atoms with Gasteiger partial charge in [0.25, 0.3) is 0 Å². The highest BCUT2D eigenvalue weighted by molar-refractivity contribution is 6.12. The Kier molecular flexibility index (Phi) is 2.99. The molecule has 0 aliphatic heterocycles. The van der Waals surface area contributed by atoms with Crippen LogP contribution >= 0.6 is 0 Å². The van der Waals surface area contributed by atoms with Crippen molar-refractivity contribution < 1.29 is 9.53 Å². The van der Waals surface area contributed by atoms with Gasteiger partial charge in [-0.1, -0.05) is 61.2 Å². The smallest absolute Gasteiger partial charge is 0.308 e. The van der Waals surface area contributed by atoms with Crippen LogP contribution in [0.15, 0.2) is 55.1 Å². The van der Waals surface area contributed by atoms with E-state index in [-0.39, 0.29) is 5.97 Å². The van der Waals surface area contributed by atoms with E-state index < -0.39 is 0 Å². The molecule has 98 valence electrons. The zero-order valence-corrected chi connectivity index (χ0v) is 11.2. The van der Waals surface area contributed by atoms with Crippen LogP contribution in [0.3, 0.4) is 0 Å². The fourth-order valence-corrected chi connectivity index (χ4v) is 2.60. The molecule has 0 aliphatic carbocycles. The van der Waals surface area contributed by atoms with Gasteiger partial charge in [-0.25, -0.2) is 0 Å². The molecule has 3 aromatic carbocycles. The second-order valence-corrected chi connectivity index (χ2v) is 4.63. The minimum Gasteiger partial charge on any atom is -0.425 e. The molecule has 0 heterocycles. The fourth-order valence-electron chi connectivity index (χ4n) is 2.60. The third-order valence-electron chi connectivity index (χ3n) is 3.37. The Bertz CT molecular complexity index is 774. The molecule has 0 atom stereocenters. The number of carbonyl (C=O) groups excluding carboxylic acids is 1. The number of rotatable bonds is 2. The van der Waals surface area contributed by atoms with Crippen molar-refractivity contribution in [2.24, 2.45) is 0 Å². The number of esters is 1. The molecule has 3 aromatic rings. The van der Waals surface area contributed by atoms with Crippen molar-refractivity contribution in [3.8, 4) is 5.75 Å². The Morgan fingerprint density at radius 3 is 1.80 bits per heavy atom. The van der Waals surface area contributed by atoms with Crippen LogP contribution in [0.2, 0.25) is 0 Å². The largest absolute Gasteiger partial charge is 0.425 e. The van der Waals surface area contributed by atoms with E-state index in [1.807, 2.05) is 54.6 Å². The maximum Gasteiger partial charge on any atom is 0.308 e. The summed E-state index contributed by atoms with van der Waals surface area (Å²) in [4.78, 5) is 11.4. The summed E-state index contributed by atoms with van der Waals surface area (Å²) >= 11 is 0. The van der Waals surface area contributed by atoms with E-state index >= 15 is 0 Å². The molecule has 0 saturated carbocycles. The summed E-state index contributed by atoms with van der Waals surface area (Å²) in [6.45, 7) is 5.34. The summed E-state index contributed by atoms with van der Waals surface area (Å²) in [6.07, 6.45) is 1.85. The lowest BCUT2D eigenvalue weighted by molar-refractivity contribution is -0.131. The molecule has 0 bridgehead atoms. The average Bonchev–Trinajstić information content (AvgIpc) is 2.47. The van der Waals surface area contributed by atoms with Crippen molar-refractivity contribution in [1.29, 1.82) is 0 Å². The van der Waals surface area contributed by atoms with Gasteiger partial charge in [-0.05, 0) is 16.3 Å². The van der Waals surface area contributed by atoms with Gasteiger partial charge < -0.3 is 4.74 Å². The second-order valence-electron chi connectivity index (χ2n) is 4.63. The number of hydrogen-bond donors (Lipinski definition) is 0. The standard InChI is InChI=1S/C18H14O2/c1-3-13-14-8-4-6-10-16(14)18(20-12(2)19)17-11-7-5-9-15(13)17/h3-11H,1H2,2H3. The van der Waals surface area contributed by atoms with E-state index in [0.717, 1.165) is 27.1 Å². The Morgan fingerprint density at radius 1 is 0.950 bits per heavy atom. The summed E-state index contributed by atoms with van der Waals surface area (Å²) in [5.74, 6) is 0.306. The minimum absolute atomic E-state index is 0.313. The highest BCUT2D eigenvalue weighted by Crippen LogP contribution is 2.38. The highest BCUT2D eigenvalue weighted by atomic mass is 16.5. The second kappa shape index (κ2) is 4.82. The molecule has 0 fully saturated rings. The zero-order valence-electron chi connectivity index (χ0n) is 11.2. The summed E-state index contributed by atoms with van der Waals surface area (Å²) in [7, 11) is 0. The van der Waals surface area contributed by atoms with Gasteiger partial charge in [0.1, 0.15) is 5.75 Å². The fraction of sp³-hybridized carbons (Fsp3) is 0.0556. The molecule has 0 saturated heterocycles. The molecule has 0 aliphatic rings. The van der Waals surface area contributed by atoms with Crippen LogP contribution in [0.5, 0.6) is 5.75 Å². The van der Waals surface area contributed by atoms with Crippen LogP contribution in [0.4, 0.5) is 0 Å². The van der Waals surface area contributed by atoms with Crippen LogP contribution in [-0.4, -0.2) is 5.97 Å². The van der Waals surface area contributed by atoms with E-state index in [1.54, 1.807) is 0 Å². The molecule has 0 unspecified atom stereocenters. The lowest BCUT2D eigenvalue weighted by atomic mass is 9.95. The van der Waals surface area contributed by atoms with E-state index in [2.05, 4.69) is 6.58 Å². The molecular weight excluding hydrogens is 248 g/mol. The Labute approximate surface area is 117 Å². The molecule has 0 spiro atoms. The number of fused-ring (bicyclic) bond motifs is 2. The van der Waals surface area contributed by atoms with Gasteiger partial charge in [-0.15, -0.1) is 0 Å². The molecule has 0 aromatic heterocycles. The molecule has 3 rings (SSSR count). The number of hydrogen-bond acceptors (Lipinski definition) is 2. The van der Waals surface area contributed by atoms with E-state index in [4.69, 9.17) is 4.74 Å². The van der Waals surface area contributed by atoms with Gasteiger partial charge >= 0.3 is 5.97 Å². The van der Waals surface area contributed by atoms with Gasteiger partial charge in [0, 0.05) is 17.7 Å². The SMILES string of the molecule is C=Cc1c2ccccc2c(OC(C)=O)c2ccccc12. The van der Waals surface area contributed by atoms with Crippen molar-refractivity contribution in [3.63, 3.8) is 0 Å². The lowest BCUT2D eigenvalue weighted by Crippen LogP contribution is -2.03. The zero-order chi connectivity index (χ0) is 14.1. The Morgan fingerprint density at radius 2 is 1.40 bits per heavy atom. The van der Waals surface area contributed by atoms with Gasteiger partial charge in [0.05, 0.1) is 0 Å². The first-order valence-corrected chi connectivity index (χ1v) is 6.46. The van der Waals surface area contributed by atoms with E-state index in [1.165, 1.54) is 6.92 Å². The van der Waals surface area contributed by atoms with Crippen LogP contribution < -0.4 is 4.74 Å². The van der Waals surface area contributed by atoms with Crippen LogP contribution in [-0.2, 0) is 4.79 Å². The molecule has 0 N–H and O–H groups in total. The molecule has 2 nitrogen and oxygen atoms in total. The van der Waals surface area contributed by atoms with Crippen molar-refractivity contribution in [3.05, 3.63) is 60.7 Å². The van der Waals surface area contributed by atoms with Gasteiger partial charge in [0.2, 0.25) is 0 Å². The quantitative estimate of drug-likeness (QED) is 0.384. The van der Waals surface area contributed by atoms with Crippen LogP contribution in [0.1, 0.15) is 12.5 Å². The molecular formula is C18H14O2. The first kappa shape index (κ1) is 12.4. The van der Waals surface area contributed by atoms with E-state index in [0.29, 0.717) is 5.75 Å². The molecule has 0 amide bonds. The highest BCUT2D eigenvalue weighted by Gasteiger charge is 2.13. The summed E-state index contributed by atoms with van der Waals surface area (Å²) < 4.78 is 5.47. The normalized spacial score (nSPS) is 10.7. The van der Waals surface area contributed by atoms with Crippen molar-refractivity contribution in [1.82, 2.24) is 0 Å². The van der Waals surface area contributed by atoms with Crippen LogP contribution in [0.25, 0.3) is 27.6 Å². The average molecular weight is 262 g/mol. The van der Waals surface area contributed by atoms with Gasteiger partial charge in [-0.2, -0.15) is 0 Å². The summed E-state index contributed by atoms with van der Waals surface area (Å²) in [6, 6.07) is 15.8. The summed E-state index contributed by atoms with van der Waals surface area (Å²) in [5.41, 5.74) is 1.06. The number of carbonyl (C=O) groups is 1. The number of ether oxygens (including phenoxy) is 1. The third-order valence-corrected chi connectivity index (χ3v) is 3.37. The Balaban J connectivity index is 2.55. The summed E-state index contributed by atoms with van der Waals surface area (Å²) in [5, 5.41) is 3.93. The predicted molar refractivity (Wildman–Crippen MR) is 82.9 cm³/mol. The molecule has 2 heteroatoms. The minimum atomic E-state index is -0.313. The maximum atomic E-state index is 11.4. The molecule has 0 radical (unpaired) electrons. The predicted octanol–water partition coefficient (Wildman–Crippen LogP) is 4.56. The Hall–Kier alpha value is -2.61. The maximum absolute atomic E-state index is 11.4. The van der Waals surface area contributed by atoms with Crippen LogP contribution in [0, 0.1) is 0 Å². The van der Waals surface area contributed by atoms with Gasteiger partial charge in [-0.3, -0.25) is 4.79 Å². The first-order valence-electron chi connectivity index (χ1n) is 6.46.